The minimum Gasteiger partial charge on any atom is -0.347 e. The number of hydrogen-bond donors (Lipinski definition) is 1. The molecule has 1 aromatic heterocycles. The van der Waals surface area contributed by atoms with Crippen LogP contribution in [0.15, 0.2) is 48.5 Å². The second kappa shape index (κ2) is 9.60. The van der Waals surface area contributed by atoms with Crippen molar-refractivity contribution in [2.24, 2.45) is 0 Å². The number of amides is 2. The van der Waals surface area contributed by atoms with Crippen LogP contribution in [0.4, 0.5) is 5.69 Å². The fourth-order valence-corrected chi connectivity index (χ4v) is 3.88. The number of rotatable bonds is 6. The van der Waals surface area contributed by atoms with Crippen LogP contribution in [0.1, 0.15) is 51.4 Å². The van der Waals surface area contributed by atoms with Crippen molar-refractivity contribution in [1.82, 2.24) is 25.2 Å². The Morgan fingerprint density at radius 2 is 1.85 bits per heavy atom. The normalized spacial score (nSPS) is 13.5. The van der Waals surface area contributed by atoms with Crippen molar-refractivity contribution in [1.29, 1.82) is 0 Å². The number of benzene rings is 2. The summed E-state index contributed by atoms with van der Waals surface area (Å²) < 4.78 is 1.39. The second-order valence-electron chi connectivity index (χ2n) is 7.95. The van der Waals surface area contributed by atoms with Gasteiger partial charge in [0, 0.05) is 37.3 Å². The Hall–Kier alpha value is -4.08. The molecule has 0 spiro atoms. The molecule has 170 valence electrons. The van der Waals surface area contributed by atoms with Crippen molar-refractivity contribution >= 4 is 17.5 Å². The highest BCUT2D eigenvalue weighted by atomic mass is 16.6. The quantitative estimate of drug-likeness (QED) is 0.457. The van der Waals surface area contributed by atoms with Gasteiger partial charge in [-0.2, -0.15) is 0 Å². The van der Waals surface area contributed by atoms with Crippen LogP contribution in [0.2, 0.25) is 0 Å². The molecule has 0 saturated carbocycles. The maximum absolute atomic E-state index is 12.7. The van der Waals surface area contributed by atoms with Gasteiger partial charge in [0.05, 0.1) is 16.3 Å². The maximum Gasteiger partial charge on any atom is 0.274 e. The molecule has 4 rings (SSSR count). The number of piperidine rings is 1. The van der Waals surface area contributed by atoms with E-state index in [-0.39, 0.29) is 23.8 Å². The van der Waals surface area contributed by atoms with E-state index in [4.69, 9.17) is 0 Å². The van der Waals surface area contributed by atoms with Crippen LogP contribution in [0.5, 0.6) is 0 Å². The van der Waals surface area contributed by atoms with Crippen LogP contribution in [-0.2, 0) is 6.54 Å². The van der Waals surface area contributed by atoms with E-state index in [0.717, 1.165) is 37.9 Å². The summed E-state index contributed by atoms with van der Waals surface area (Å²) in [5.74, 6) is -0.407. The van der Waals surface area contributed by atoms with Gasteiger partial charge in [0.2, 0.25) is 0 Å². The molecule has 1 aliphatic rings. The summed E-state index contributed by atoms with van der Waals surface area (Å²) in [7, 11) is 0. The van der Waals surface area contributed by atoms with E-state index in [1.54, 1.807) is 31.2 Å². The topological polar surface area (TPSA) is 123 Å². The first-order chi connectivity index (χ1) is 15.9. The predicted molar refractivity (Wildman–Crippen MR) is 120 cm³/mol. The van der Waals surface area contributed by atoms with Crippen LogP contribution in [0, 0.1) is 17.0 Å². The first-order valence-electron chi connectivity index (χ1n) is 10.8. The summed E-state index contributed by atoms with van der Waals surface area (Å²) in [6.07, 6.45) is 3.21. The van der Waals surface area contributed by atoms with Crippen LogP contribution in [0.3, 0.4) is 0 Å². The molecule has 0 aliphatic carbocycles. The van der Waals surface area contributed by atoms with Crippen LogP contribution in [0.25, 0.3) is 5.69 Å². The van der Waals surface area contributed by atoms with Gasteiger partial charge < -0.3 is 10.2 Å². The van der Waals surface area contributed by atoms with Crippen molar-refractivity contribution in [3.8, 4) is 5.69 Å². The number of nitro groups is 1. The smallest absolute Gasteiger partial charge is 0.274 e. The van der Waals surface area contributed by atoms with Crippen molar-refractivity contribution in [2.75, 3.05) is 13.1 Å². The molecule has 1 aliphatic heterocycles. The molecule has 0 bridgehead atoms. The number of nitrogens with zero attached hydrogens (tertiary/aromatic N) is 5. The fraction of sp³-hybridized carbons (Fsp3) is 0.304. The monoisotopic (exact) mass is 448 g/mol. The van der Waals surface area contributed by atoms with Gasteiger partial charge >= 0.3 is 0 Å². The van der Waals surface area contributed by atoms with E-state index in [1.807, 2.05) is 17.0 Å². The molecule has 1 saturated heterocycles. The lowest BCUT2D eigenvalue weighted by Crippen LogP contribution is -2.35. The van der Waals surface area contributed by atoms with Gasteiger partial charge in [-0.3, -0.25) is 19.7 Å². The van der Waals surface area contributed by atoms with E-state index >= 15 is 0 Å². The summed E-state index contributed by atoms with van der Waals surface area (Å²) in [5, 5.41) is 21.8. The number of non-ortho nitro benzene ring substituents is 1. The minimum atomic E-state index is -0.493. The number of likely N-dealkylation sites (tertiary alicyclic amines) is 1. The molecule has 2 heterocycles. The van der Waals surface area contributed by atoms with Gasteiger partial charge in [-0.15, -0.1) is 5.10 Å². The van der Waals surface area contributed by atoms with Crippen LogP contribution < -0.4 is 5.32 Å². The standard InChI is InChI=1S/C23H24N6O4/c1-16-21(25-26-28(16)19-9-6-10-20(14-19)29(32)33)22(30)24-15-17-7-5-8-18(13-17)23(31)27-11-3-2-4-12-27/h5-10,13-14H,2-4,11-12,15H2,1H3,(H,24,30). The number of nitro benzene ring substituents is 1. The molecule has 3 aromatic rings. The third-order valence-corrected chi connectivity index (χ3v) is 5.67. The average molecular weight is 448 g/mol. The third-order valence-electron chi connectivity index (χ3n) is 5.67. The SMILES string of the molecule is Cc1c(C(=O)NCc2cccc(C(=O)N3CCCCC3)c2)nnn1-c1cccc([N+](=O)[O-])c1. The number of nitrogens with one attached hydrogen (secondary N) is 1. The largest absolute Gasteiger partial charge is 0.347 e. The van der Waals surface area contributed by atoms with Crippen molar-refractivity contribution in [2.45, 2.75) is 32.7 Å². The molecule has 0 unspecified atom stereocenters. The first kappa shape index (κ1) is 22.1. The lowest BCUT2D eigenvalue weighted by atomic mass is 10.1. The van der Waals surface area contributed by atoms with Crippen LogP contribution >= 0.6 is 0 Å². The predicted octanol–water partition coefficient (Wildman–Crippen LogP) is 3.04. The Morgan fingerprint density at radius 1 is 1.09 bits per heavy atom. The average Bonchev–Trinajstić information content (AvgIpc) is 3.24. The summed E-state index contributed by atoms with van der Waals surface area (Å²) >= 11 is 0. The number of carbonyl (C=O) groups is 2. The van der Waals surface area contributed by atoms with Gasteiger partial charge in [0.15, 0.2) is 5.69 Å². The summed E-state index contributed by atoms with van der Waals surface area (Å²) in [4.78, 5) is 37.9. The molecule has 10 nitrogen and oxygen atoms in total. The zero-order chi connectivity index (χ0) is 23.4. The summed E-state index contributed by atoms with van der Waals surface area (Å²) in [5.41, 5.74) is 2.36. The van der Waals surface area contributed by atoms with Crippen molar-refractivity contribution < 1.29 is 14.5 Å². The highest BCUT2D eigenvalue weighted by molar-refractivity contribution is 5.95. The van der Waals surface area contributed by atoms with E-state index in [9.17, 15) is 19.7 Å². The van der Waals surface area contributed by atoms with E-state index in [2.05, 4.69) is 15.6 Å². The Kier molecular flexibility index (Phi) is 6.43. The van der Waals surface area contributed by atoms with Crippen molar-refractivity contribution in [3.63, 3.8) is 0 Å². The van der Waals surface area contributed by atoms with Gasteiger partial charge in [0.25, 0.3) is 17.5 Å². The molecule has 1 fully saturated rings. The van der Waals surface area contributed by atoms with Gasteiger partial charge in [-0.25, -0.2) is 4.68 Å². The first-order valence-corrected chi connectivity index (χ1v) is 10.8. The fourth-order valence-electron chi connectivity index (χ4n) is 3.88. The number of carbonyl (C=O) groups excluding carboxylic acids is 2. The highest BCUT2D eigenvalue weighted by Gasteiger charge is 2.20. The van der Waals surface area contributed by atoms with Gasteiger partial charge in [-0.05, 0) is 49.9 Å². The van der Waals surface area contributed by atoms with Crippen molar-refractivity contribution in [3.05, 3.63) is 81.2 Å². The van der Waals surface area contributed by atoms with Gasteiger partial charge in [0.1, 0.15) is 0 Å². The summed E-state index contributed by atoms with van der Waals surface area (Å²) in [6.45, 7) is 3.45. The molecule has 10 heteroatoms. The Labute approximate surface area is 190 Å². The van der Waals surface area contributed by atoms with E-state index in [1.165, 1.54) is 16.8 Å². The van der Waals surface area contributed by atoms with E-state index in [0.29, 0.717) is 16.9 Å². The highest BCUT2D eigenvalue weighted by Crippen LogP contribution is 2.19. The molecule has 2 amide bonds. The zero-order valence-electron chi connectivity index (χ0n) is 18.2. The lowest BCUT2D eigenvalue weighted by molar-refractivity contribution is -0.384. The third kappa shape index (κ3) is 4.89. The Balaban J connectivity index is 1.44. The number of aromatic nitrogens is 3. The van der Waals surface area contributed by atoms with Gasteiger partial charge in [-0.1, -0.05) is 23.4 Å². The zero-order valence-corrected chi connectivity index (χ0v) is 18.2. The molecule has 0 atom stereocenters. The van der Waals surface area contributed by atoms with E-state index < -0.39 is 10.8 Å². The van der Waals surface area contributed by atoms with Crippen LogP contribution in [-0.4, -0.2) is 49.7 Å². The summed E-state index contributed by atoms with van der Waals surface area (Å²) in [6, 6.07) is 13.2. The molecular formula is C23H24N6O4. The second-order valence-corrected chi connectivity index (χ2v) is 7.95. The lowest BCUT2D eigenvalue weighted by Gasteiger charge is -2.26. The maximum atomic E-state index is 12.7. The molecular weight excluding hydrogens is 424 g/mol. The molecule has 0 radical (unpaired) electrons. The Bertz CT molecular complexity index is 1200. The molecule has 33 heavy (non-hydrogen) atoms. The Morgan fingerprint density at radius 3 is 2.61 bits per heavy atom. The number of hydrogen-bond acceptors (Lipinski definition) is 6. The molecule has 1 N–H and O–H groups in total. The molecule has 2 aromatic carbocycles. The minimum absolute atomic E-state index is 0.0126.